The molecule has 2 aliphatic heterocycles. The molecule has 25 heavy (non-hydrogen) atoms. The van der Waals surface area contributed by atoms with E-state index in [4.69, 9.17) is 0 Å². The Kier molecular flexibility index (Phi) is 4.25. The number of carbonyl (C=O) groups excluding carboxylic acids is 3. The lowest BCUT2D eigenvalue weighted by molar-refractivity contribution is -0.138. The van der Waals surface area contributed by atoms with Gasteiger partial charge >= 0.3 is 0 Å². The molecule has 0 bridgehead atoms. The second-order valence-electron chi connectivity index (χ2n) is 6.59. The fraction of sp³-hybridized carbons (Fsp3) is 0.421. The smallest absolute Gasteiger partial charge is 0.242 e. The van der Waals surface area contributed by atoms with E-state index < -0.39 is 0 Å². The van der Waals surface area contributed by atoms with Gasteiger partial charge in [-0.05, 0) is 18.1 Å². The Morgan fingerprint density at radius 2 is 1.84 bits per heavy atom. The number of imide groups is 1. The number of fused-ring (bicyclic) bond motifs is 3. The van der Waals surface area contributed by atoms with Crippen molar-refractivity contribution in [1.29, 1.82) is 0 Å². The van der Waals surface area contributed by atoms with Gasteiger partial charge in [-0.25, -0.2) is 0 Å². The first-order valence-corrected chi connectivity index (χ1v) is 9.67. The maximum Gasteiger partial charge on any atom is 0.242 e. The number of allylic oxidation sites excluding steroid dienone is 5. The van der Waals surface area contributed by atoms with Gasteiger partial charge in [0.05, 0.1) is 17.2 Å². The van der Waals surface area contributed by atoms with Gasteiger partial charge in [0.1, 0.15) is 0 Å². The van der Waals surface area contributed by atoms with Gasteiger partial charge < -0.3 is 0 Å². The maximum absolute atomic E-state index is 12.7. The van der Waals surface area contributed by atoms with Crippen LogP contribution >= 0.6 is 11.8 Å². The predicted molar refractivity (Wildman–Crippen MR) is 96.9 cm³/mol. The number of ketones is 1. The summed E-state index contributed by atoms with van der Waals surface area (Å²) in [6.45, 7) is 2.22. The highest BCUT2D eigenvalue weighted by Crippen LogP contribution is 2.43. The summed E-state index contributed by atoms with van der Waals surface area (Å²) in [4.78, 5) is 38.1. The van der Waals surface area contributed by atoms with Crippen molar-refractivity contribution in [2.24, 2.45) is 5.92 Å². The van der Waals surface area contributed by atoms with E-state index in [-0.39, 0.29) is 47.3 Å². The van der Waals surface area contributed by atoms with E-state index in [0.29, 0.717) is 12.3 Å². The monoisotopic (exact) mass is 356 g/mol. The summed E-state index contributed by atoms with van der Waals surface area (Å²) in [6, 6.07) is -0.185. The Hall–Kier alpha value is -1.92. The van der Waals surface area contributed by atoms with E-state index in [1.165, 1.54) is 22.2 Å². The number of hydrogen-bond donors (Lipinski definition) is 1. The molecule has 5 nitrogen and oxygen atoms in total. The van der Waals surface area contributed by atoms with Crippen LogP contribution in [0.3, 0.4) is 0 Å². The molecular formula is C19H20N2O3S. The summed E-state index contributed by atoms with van der Waals surface area (Å²) in [5.41, 5.74) is 2.27. The third-order valence-corrected chi connectivity index (χ3v) is 6.53. The average Bonchev–Trinajstić information content (AvgIpc) is 2.99. The molecule has 130 valence electrons. The maximum atomic E-state index is 12.7. The molecule has 1 N–H and O–H groups in total. The molecule has 0 spiro atoms. The van der Waals surface area contributed by atoms with Gasteiger partial charge in [0, 0.05) is 24.8 Å². The molecule has 6 heteroatoms. The number of nitrogens with one attached hydrogen (secondary N) is 1. The van der Waals surface area contributed by atoms with Crippen LogP contribution < -0.4 is 5.32 Å². The molecule has 0 radical (unpaired) electrons. The first-order chi connectivity index (χ1) is 12.1. The van der Waals surface area contributed by atoms with E-state index in [1.54, 1.807) is 6.92 Å². The first-order valence-electron chi connectivity index (χ1n) is 8.63. The lowest BCUT2D eigenvalue weighted by atomic mass is 9.72. The van der Waals surface area contributed by atoms with Crippen molar-refractivity contribution < 1.29 is 14.4 Å². The molecule has 0 aromatic heterocycles. The van der Waals surface area contributed by atoms with Crippen molar-refractivity contribution >= 4 is 29.4 Å². The van der Waals surface area contributed by atoms with E-state index in [0.717, 1.165) is 5.57 Å². The fourth-order valence-corrected chi connectivity index (χ4v) is 5.16. The molecule has 4 unspecified atom stereocenters. The van der Waals surface area contributed by atoms with E-state index >= 15 is 0 Å². The molecule has 4 atom stereocenters. The van der Waals surface area contributed by atoms with Crippen molar-refractivity contribution in [3.63, 3.8) is 0 Å². The van der Waals surface area contributed by atoms with Gasteiger partial charge in [0.2, 0.25) is 11.8 Å². The standard InChI is InChI=1S/C19H20N2O3S/c1-2-21-15(22)9-14(19(21)24)25-10-13-18(23)16-11-7-5-3-4-6-8-12(11)17(16)20-13/h3-8,13-14,16-17,20H,2,9-10H2,1H3/b4-3-,5-3?,6-4?,7-5-,8-6-,11-7?,12-8?. The van der Waals surface area contributed by atoms with Gasteiger partial charge in [-0.3, -0.25) is 24.6 Å². The lowest BCUT2D eigenvalue weighted by Gasteiger charge is -2.33. The number of rotatable bonds is 4. The topological polar surface area (TPSA) is 66.5 Å². The van der Waals surface area contributed by atoms with Crippen molar-refractivity contribution in [1.82, 2.24) is 10.2 Å². The molecule has 0 saturated carbocycles. The molecule has 0 aromatic rings. The molecule has 4 aliphatic rings. The fourth-order valence-electron chi connectivity index (χ4n) is 3.95. The molecular weight excluding hydrogens is 336 g/mol. The molecule has 2 fully saturated rings. The number of thioether (sulfide) groups is 1. The summed E-state index contributed by atoms with van der Waals surface area (Å²) in [5, 5.41) is 3.07. The van der Waals surface area contributed by atoms with Crippen LogP contribution in [-0.4, -0.2) is 52.1 Å². The summed E-state index contributed by atoms with van der Waals surface area (Å²) < 4.78 is 0. The molecule has 0 aromatic carbocycles. The number of hydrogen-bond acceptors (Lipinski definition) is 5. The van der Waals surface area contributed by atoms with Crippen LogP contribution in [0, 0.1) is 5.92 Å². The Labute approximate surface area is 150 Å². The highest BCUT2D eigenvalue weighted by atomic mass is 32.2. The van der Waals surface area contributed by atoms with Gasteiger partial charge in [-0.2, -0.15) is 0 Å². The lowest BCUT2D eigenvalue weighted by Crippen LogP contribution is -2.40. The normalized spacial score (nSPS) is 37.3. The van der Waals surface area contributed by atoms with E-state index in [9.17, 15) is 14.4 Å². The molecule has 4 rings (SSSR count). The van der Waals surface area contributed by atoms with Crippen molar-refractivity contribution in [3.05, 3.63) is 47.6 Å². The van der Waals surface area contributed by atoms with Crippen molar-refractivity contribution in [3.8, 4) is 0 Å². The molecule has 2 heterocycles. The summed E-state index contributed by atoms with van der Waals surface area (Å²) in [6.07, 6.45) is 12.2. The van der Waals surface area contributed by atoms with E-state index in [2.05, 4.69) is 11.4 Å². The van der Waals surface area contributed by atoms with Crippen LogP contribution in [-0.2, 0) is 14.4 Å². The number of Topliss-reactive ketones (excluding diaryl/α,β-unsaturated/α-hetero) is 1. The Balaban J connectivity index is 1.40. The number of nitrogens with zero attached hydrogens (tertiary/aromatic N) is 1. The van der Waals surface area contributed by atoms with Crippen LogP contribution in [0.1, 0.15) is 13.3 Å². The van der Waals surface area contributed by atoms with Gasteiger partial charge in [-0.15, -0.1) is 11.8 Å². The van der Waals surface area contributed by atoms with Gasteiger partial charge in [-0.1, -0.05) is 36.5 Å². The van der Waals surface area contributed by atoms with Crippen LogP contribution in [0.15, 0.2) is 47.6 Å². The van der Waals surface area contributed by atoms with E-state index in [1.807, 2.05) is 30.4 Å². The Morgan fingerprint density at radius 1 is 1.12 bits per heavy atom. The first kappa shape index (κ1) is 16.5. The van der Waals surface area contributed by atoms with Gasteiger partial charge in [0.25, 0.3) is 0 Å². The highest BCUT2D eigenvalue weighted by Gasteiger charge is 2.51. The van der Waals surface area contributed by atoms with Gasteiger partial charge in [0.15, 0.2) is 5.78 Å². The largest absolute Gasteiger partial charge is 0.299 e. The predicted octanol–water partition coefficient (Wildman–Crippen LogP) is 1.39. The SMILES string of the molecule is CCN1C(=O)CC(SCC2NC3C4=C(\C=C/C=C\C=C/4)C3C2=O)C1=O. The van der Waals surface area contributed by atoms with Crippen molar-refractivity contribution in [2.75, 3.05) is 12.3 Å². The Bertz CT molecular complexity index is 765. The zero-order chi connectivity index (χ0) is 17.6. The minimum Gasteiger partial charge on any atom is -0.299 e. The number of likely N-dealkylation sites (tertiary alicyclic amines) is 1. The quantitative estimate of drug-likeness (QED) is 0.771. The summed E-state index contributed by atoms with van der Waals surface area (Å²) in [7, 11) is 0. The van der Waals surface area contributed by atoms with Crippen LogP contribution in [0.5, 0.6) is 0 Å². The third kappa shape index (κ3) is 2.64. The van der Waals surface area contributed by atoms with Crippen LogP contribution in [0.25, 0.3) is 0 Å². The molecule has 2 aliphatic carbocycles. The zero-order valence-electron chi connectivity index (χ0n) is 14.0. The summed E-state index contributed by atoms with van der Waals surface area (Å²) >= 11 is 1.43. The second-order valence-corrected chi connectivity index (χ2v) is 7.83. The average molecular weight is 356 g/mol. The molecule has 2 saturated heterocycles. The number of amides is 2. The minimum atomic E-state index is -0.349. The van der Waals surface area contributed by atoms with Crippen LogP contribution in [0.2, 0.25) is 0 Å². The minimum absolute atomic E-state index is 0.0774. The highest BCUT2D eigenvalue weighted by molar-refractivity contribution is 8.00. The second kappa shape index (κ2) is 6.42. The van der Waals surface area contributed by atoms with Crippen molar-refractivity contribution in [2.45, 2.75) is 30.7 Å². The third-order valence-electron chi connectivity index (χ3n) is 5.24. The molecule has 2 amide bonds. The van der Waals surface area contributed by atoms with Crippen LogP contribution in [0.4, 0.5) is 0 Å². The Morgan fingerprint density at radius 3 is 2.52 bits per heavy atom. The zero-order valence-corrected chi connectivity index (χ0v) is 14.8. The number of carbonyl (C=O) groups is 3. The summed E-state index contributed by atoms with van der Waals surface area (Å²) in [5.74, 6) is 0.416.